The smallest absolute Gasteiger partial charge is 0.258 e. The number of piperazine rings is 1. The fourth-order valence-electron chi connectivity index (χ4n) is 2.27. The van der Waals surface area contributed by atoms with Crippen molar-refractivity contribution in [3.63, 3.8) is 0 Å². The maximum Gasteiger partial charge on any atom is 0.258 e. The van der Waals surface area contributed by atoms with Crippen LogP contribution >= 0.6 is 0 Å². The van der Waals surface area contributed by atoms with Gasteiger partial charge in [0.2, 0.25) is 16.0 Å². The predicted molar refractivity (Wildman–Crippen MR) is 75.7 cm³/mol. The van der Waals surface area contributed by atoms with E-state index in [1.54, 1.807) is 0 Å². The third-order valence-electron chi connectivity index (χ3n) is 3.37. The molecule has 0 unspecified atom stereocenters. The van der Waals surface area contributed by atoms with E-state index in [1.807, 2.05) is 6.92 Å². The van der Waals surface area contributed by atoms with E-state index in [2.05, 4.69) is 4.98 Å². The van der Waals surface area contributed by atoms with Gasteiger partial charge in [0.25, 0.3) is 5.91 Å². The largest absolute Gasteiger partial charge is 0.336 e. The first kappa shape index (κ1) is 15.8. The molecule has 0 saturated carbocycles. The summed E-state index contributed by atoms with van der Waals surface area (Å²) in [4.78, 5) is 17.1. The molecule has 1 aliphatic rings. The van der Waals surface area contributed by atoms with Crippen LogP contribution in [0.2, 0.25) is 0 Å². The molecule has 1 aliphatic heterocycles. The van der Waals surface area contributed by atoms with Crippen molar-refractivity contribution in [2.24, 2.45) is 0 Å². The fraction of sp³-hybridized carbons (Fsp3) is 0.538. The minimum atomic E-state index is -3.25. The number of carbonyl (C=O) groups is 1. The third kappa shape index (κ3) is 3.56. The van der Waals surface area contributed by atoms with Gasteiger partial charge in [-0.05, 0) is 18.6 Å². The summed E-state index contributed by atoms with van der Waals surface area (Å²) in [6, 6.07) is 2.88. The van der Waals surface area contributed by atoms with Gasteiger partial charge in [-0.2, -0.15) is 8.70 Å². The summed E-state index contributed by atoms with van der Waals surface area (Å²) in [6.07, 6.45) is 1.84. The minimum absolute atomic E-state index is 0.0811. The summed E-state index contributed by atoms with van der Waals surface area (Å²) in [5.41, 5.74) is -0.0811. The lowest BCUT2D eigenvalue weighted by molar-refractivity contribution is 0.0692. The molecule has 0 radical (unpaired) electrons. The zero-order valence-corrected chi connectivity index (χ0v) is 12.6. The SMILES string of the molecule is CCCS(=O)(=O)N1CCN(C(=O)c2cccnc2F)CC1. The van der Waals surface area contributed by atoms with Gasteiger partial charge in [-0.3, -0.25) is 4.79 Å². The van der Waals surface area contributed by atoms with Crippen molar-refractivity contribution < 1.29 is 17.6 Å². The maximum absolute atomic E-state index is 13.5. The second-order valence-corrected chi connectivity index (χ2v) is 6.94. The van der Waals surface area contributed by atoms with E-state index in [0.29, 0.717) is 6.42 Å². The maximum atomic E-state index is 13.5. The quantitative estimate of drug-likeness (QED) is 0.768. The summed E-state index contributed by atoms with van der Waals surface area (Å²) < 4.78 is 38.8. The third-order valence-corrected chi connectivity index (χ3v) is 5.45. The Hall–Kier alpha value is -1.54. The van der Waals surface area contributed by atoms with Crippen molar-refractivity contribution in [2.45, 2.75) is 13.3 Å². The predicted octanol–water partition coefficient (Wildman–Crippen LogP) is 0.718. The van der Waals surface area contributed by atoms with E-state index < -0.39 is 21.9 Å². The summed E-state index contributed by atoms with van der Waals surface area (Å²) in [7, 11) is -3.25. The molecule has 0 spiro atoms. The topological polar surface area (TPSA) is 70.6 Å². The lowest BCUT2D eigenvalue weighted by Crippen LogP contribution is -2.51. The summed E-state index contributed by atoms with van der Waals surface area (Å²) in [5, 5.41) is 0. The number of rotatable bonds is 4. The second-order valence-electron chi connectivity index (χ2n) is 4.85. The highest BCUT2D eigenvalue weighted by molar-refractivity contribution is 7.89. The van der Waals surface area contributed by atoms with Gasteiger partial charge >= 0.3 is 0 Å². The molecule has 116 valence electrons. The van der Waals surface area contributed by atoms with Gasteiger partial charge in [-0.1, -0.05) is 6.92 Å². The Kier molecular flexibility index (Phi) is 4.89. The van der Waals surface area contributed by atoms with Crippen molar-refractivity contribution in [3.8, 4) is 0 Å². The van der Waals surface area contributed by atoms with E-state index in [1.165, 1.54) is 27.5 Å². The molecule has 0 atom stereocenters. The number of aromatic nitrogens is 1. The number of pyridine rings is 1. The Balaban J connectivity index is 2.02. The van der Waals surface area contributed by atoms with E-state index in [-0.39, 0.29) is 37.5 Å². The molecule has 1 amide bonds. The number of carbonyl (C=O) groups excluding carboxylic acids is 1. The number of amides is 1. The highest BCUT2D eigenvalue weighted by Gasteiger charge is 2.29. The van der Waals surface area contributed by atoms with E-state index in [4.69, 9.17) is 0 Å². The average Bonchev–Trinajstić information content (AvgIpc) is 2.47. The van der Waals surface area contributed by atoms with Crippen LogP contribution in [0.15, 0.2) is 18.3 Å². The van der Waals surface area contributed by atoms with Gasteiger partial charge in [0, 0.05) is 32.4 Å². The molecule has 6 nitrogen and oxygen atoms in total. The van der Waals surface area contributed by atoms with E-state index >= 15 is 0 Å². The van der Waals surface area contributed by atoms with Gasteiger partial charge in [0.1, 0.15) is 0 Å². The summed E-state index contributed by atoms with van der Waals surface area (Å²) >= 11 is 0. The summed E-state index contributed by atoms with van der Waals surface area (Å²) in [5.74, 6) is -1.14. The molecule has 0 bridgehead atoms. The molecule has 2 rings (SSSR count). The van der Waals surface area contributed by atoms with E-state index in [9.17, 15) is 17.6 Å². The Morgan fingerprint density at radius 3 is 2.57 bits per heavy atom. The van der Waals surface area contributed by atoms with Crippen LogP contribution in [0.1, 0.15) is 23.7 Å². The van der Waals surface area contributed by atoms with Crippen LogP contribution in [-0.2, 0) is 10.0 Å². The van der Waals surface area contributed by atoms with Crippen molar-refractivity contribution in [3.05, 3.63) is 29.8 Å². The van der Waals surface area contributed by atoms with Crippen LogP contribution in [0, 0.1) is 5.95 Å². The number of halogens is 1. The van der Waals surface area contributed by atoms with Gasteiger partial charge in [-0.25, -0.2) is 13.4 Å². The number of nitrogens with zero attached hydrogens (tertiary/aromatic N) is 3. The van der Waals surface area contributed by atoms with Crippen molar-refractivity contribution in [1.29, 1.82) is 0 Å². The Bertz CT molecular complexity index is 613. The molecule has 8 heteroatoms. The standard InChI is InChI=1S/C13H18FN3O3S/c1-2-10-21(19,20)17-8-6-16(7-9-17)13(18)11-4-3-5-15-12(11)14/h3-5H,2,6-10H2,1H3. The molecular weight excluding hydrogens is 297 g/mol. The molecule has 1 aromatic heterocycles. The number of sulfonamides is 1. The lowest BCUT2D eigenvalue weighted by atomic mass is 10.2. The zero-order chi connectivity index (χ0) is 15.5. The molecular formula is C13H18FN3O3S. The van der Waals surface area contributed by atoms with Gasteiger partial charge in [0.05, 0.1) is 11.3 Å². The second kappa shape index (κ2) is 6.48. The van der Waals surface area contributed by atoms with Crippen LogP contribution in [0.25, 0.3) is 0 Å². The first-order valence-electron chi connectivity index (χ1n) is 6.83. The van der Waals surface area contributed by atoms with Crippen LogP contribution in [0.3, 0.4) is 0 Å². The molecule has 1 fully saturated rings. The Morgan fingerprint density at radius 2 is 2.00 bits per heavy atom. The fourth-order valence-corrected chi connectivity index (χ4v) is 3.77. The molecule has 2 heterocycles. The molecule has 1 saturated heterocycles. The van der Waals surface area contributed by atoms with E-state index in [0.717, 1.165) is 0 Å². The van der Waals surface area contributed by atoms with Gasteiger partial charge < -0.3 is 4.90 Å². The van der Waals surface area contributed by atoms with Crippen LogP contribution < -0.4 is 0 Å². The molecule has 1 aromatic rings. The monoisotopic (exact) mass is 315 g/mol. The summed E-state index contributed by atoms with van der Waals surface area (Å²) in [6.45, 7) is 2.82. The molecule has 0 aromatic carbocycles. The highest BCUT2D eigenvalue weighted by atomic mass is 32.2. The minimum Gasteiger partial charge on any atom is -0.336 e. The normalized spacial score (nSPS) is 17.0. The Morgan fingerprint density at radius 1 is 1.33 bits per heavy atom. The van der Waals surface area contributed by atoms with Crippen molar-refractivity contribution >= 4 is 15.9 Å². The first-order chi connectivity index (χ1) is 9.95. The van der Waals surface area contributed by atoms with Crippen LogP contribution in [0.4, 0.5) is 4.39 Å². The highest BCUT2D eigenvalue weighted by Crippen LogP contribution is 2.13. The number of hydrogen-bond donors (Lipinski definition) is 0. The number of hydrogen-bond acceptors (Lipinski definition) is 4. The van der Waals surface area contributed by atoms with Crippen molar-refractivity contribution in [1.82, 2.24) is 14.2 Å². The zero-order valence-electron chi connectivity index (χ0n) is 11.8. The first-order valence-corrected chi connectivity index (χ1v) is 8.44. The van der Waals surface area contributed by atoms with Crippen LogP contribution in [0.5, 0.6) is 0 Å². The average molecular weight is 315 g/mol. The van der Waals surface area contributed by atoms with Crippen LogP contribution in [-0.4, -0.2) is 60.4 Å². The van der Waals surface area contributed by atoms with Crippen molar-refractivity contribution in [2.75, 3.05) is 31.9 Å². The lowest BCUT2D eigenvalue weighted by Gasteiger charge is -2.34. The molecule has 0 aliphatic carbocycles. The molecule has 21 heavy (non-hydrogen) atoms. The molecule has 0 N–H and O–H groups in total. The Labute approximate surface area is 123 Å². The van der Waals surface area contributed by atoms with Gasteiger partial charge in [-0.15, -0.1) is 0 Å². The van der Waals surface area contributed by atoms with Gasteiger partial charge in [0.15, 0.2) is 0 Å².